The van der Waals surface area contributed by atoms with E-state index in [0.29, 0.717) is 12.6 Å². The third-order valence-electron chi connectivity index (χ3n) is 3.47. The first kappa shape index (κ1) is 12.3. The van der Waals surface area contributed by atoms with E-state index in [9.17, 15) is 0 Å². The summed E-state index contributed by atoms with van der Waals surface area (Å²) in [5.41, 5.74) is 7.61. The van der Waals surface area contributed by atoms with Gasteiger partial charge in [-0.3, -0.25) is 0 Å². The summed E-state index contributed by atoms with van der Waals surface area (Å²) in [4.78, 5) is 11.4. The van der Waals surface area contributed by atoms with Crippen molar-refractivity contribution in [2.24, 2.45) is 5.73 Å². The molecule has 0 saturated heterocycles. The number of aryl methyl sites for hydroxylation is 1. The van der Waals surface area contributed by atoms with Crippen LogP contribution in [0, 0.1) is 6.92 Å². The Labute approximate surface area is 103 Å². The molecule has 94 valence electrons. The van der Waals surface area contributed by atoms with Crippen molar-refractivity contribution in [3.8, 4) is 0 Å². The van der Waals surface area contributed by atoms with Gasteiger partial charge in [0.05, 0.1) is 5.69 Å². The molecule has 1 aromatic rings. The fraction of sp³-hybridized carbons (Fsp3) is 0.692. The third kappa shape index (κ3) is 2.75. The highest BCUT2D eigenvalue weighted by Crippen LogP contribution is 2.26. The van der Waals surface area contributed by atoms with Crippen LogP contribution in [0.3, 0.4) is 0 Å². The average Bonchev–Trinajstić information content (AvgIpc) is 2.83. The molecule has 17 heavy (non-hydrogen) atoms. The van der Waals surface area contributed by atoms with Crippen molar-refractivity contribution < 1.29 is 0 Å². The molecule has 0 atom stereocenters. The summed E-state index contributed by atoms with van der Waals surface area (Å²) >= 11 is 0. The monoisotopic (exact) mass is 234 g/mol. The first-order valence-electron chi connectivity index (χ1n) is 6.56. The van der Waals surface area contributed by atoms with E-state index in [4.69, 9.17) is 5.73 Å². The van der Waals surface area contributed by atoms with E-state index in [2.05, 4.69) is 21.8 Å². The first-order chi connectivity index (χ1) is 8.24. The van der Waals surface area contributed by atoms with Crippen molar-refractivity contribution in [1.82, 2.24) is 9.97 Å². The van der Waals surface area contributed by atoms with Gasteiger partial charge in [-0.1, -0.05) is 12.8 Å². The van der Waals surface area contributed by atoms with Gasteiger partial charge in [-0.2, -0.15) is 0 Å². The van der Waals surface area contributed by atoms with Crippen molar-refractivity contribution in [3.05, 3.63) is 17.5 Å². The van der Waals surface area contributed by atoms with Gasteiger partial charge in [-0.15, -0.1) is 0 Å². The number of aromatic nitrogens is 2. The Kier molecular flexibility index (Phi) is 3.94. The second-order valence-electron chi connectivity index (χ2n) is 4.73. The summed E-state index contributed by atoms with van der Waals surface area (Å²) < 4.78 is 0. The number of nitrogens with zero attached hydrogens (tertiary/aromatic N) is 3. The second-order valence-corrected chi connectivity index (χ2v) is 4.73. The topological polar surface area (TPSA) is 55.0 Å². The Morgan fingerprint density at radius 1 is 1.35 bits per heavy atom. The van der Waals surface area contributed by atoms with E-state index in [-0.39, 0.29) is 0 Å². The molecule has 0 aliphatic heterocycles. The molecule has 0 radical (unpaired) electrons. The lowest BCUT2D eigenvalue weighted by Crippen LogP contribution is -2.34. The average molecular weight is 234 g/mol. The van der Waals surface area contributed by atoms with Gasteiger partial charge < -0.3 is 10.6 Å². The number of nitrogens with two attached hydrogens (primary N) is 1. The molecule has 0 aromatic carbocycles. The molecule has 2 rings (SSSR count). The zero-order chi connectivity index (χ0) is 12.3. The van der Waals surface area contributed by atoms with E-state index < -0.39 is 0 Å². The summed E-state index contributed by atoms with van der Waals surface area (Å²) in [5, 5.41) is 0. The van der Waals surface area contributed by atoms with Gasteiger partial charge >= 0.3 is 0 Å². The minimum Gasteiger partial charge on any atom is -0.338 e. The third-order valence-corrected chi connectivity index (χ3v) is 3.47. The smallest absolute Gasteiger partial charge is 0.226 e. The van der Waals surface area contributed by atoms with Gasteiger partial charge in [0.15, 0.2) is 0 Å². The van der Waals surface area contributed by atoms with Crippen LogP contribution in [0.2, 0.25) is 0 Å². The summed E-state index contributed by atoms with van der Waals surface area (Å²) in [6.07, 6.45) is 5.19. The Morgan fingerprint density at radius 2 is 2.06 bits per heavy atom. The van der Waals surface area contributed by atoms with Crippen LogP contribution in [0.15, 0.2) is 6.07 Å². The summed E-state index contributed by atoms with van der Waals surface area (Å²) in [6, 6.07) is 2.58. The number of hydrogen-bond acceptors (Lipinski definition) is 4. The maximum absolute atomic E-state index is 5.67. The highest BCUT2D eigenvalue weighted by Gasteiger charge is 2.23. The van der Waals surface area contributed by atoms with E-state index in [1.54, 1.807) is 0 Å². The molecule has 1 heterocycles. The van der Waals surface area contributed by atoms with Crippen molar-refractivity contribution >= 4 is 5.95 Å². The van der Waals surface area contributed by atoms with Crippen molar-refractivity contribution in [2.75, 3.05) is 11.4 Å². The standard InChI is InChI=1S/C13H22N4/c1-3-17(12-6-4-5-7-12)13-15-10(2)8-11(9-14)16-13/h8,12H,3-7,9,14H2,1-2H3. The number of hydrogen-bond donors (Lipinski definition) is 1. The fourth-order valence-corrected chi connectivity index (χ4v) is 2.63. The van der Waals surface area contributed by atoms with E-state index >= 15 is 0 Å². The zero-order valence-corrected chi connectivity index (χ0v) is 10.8. The molecule has 1 saturated carbocycles. The second kappa shape index (κ2) is 5.45. The van der Waals surface area contributed by atoms with Gasteiger partial charge in [-0.25, -0.2) is 9.97 Å². The highest BCUT2D eigenvalue weighted by molar-refractivity contribution is 5.34. The van der Waals surface area contributed by atoms with E-state index in [0.717, 1.165) is 23.9 Å². The molecule has 0 bridgehead atoms. The van der Waals surface area contributed by atoms with Gasteiger partial charge in [0.1, 0.15) is 0 Å². The van der Waals surface area contributed by atoms with Crippen LogP contribution in [-0.2, 0) is 6.54 Å². The largest absolute Gasteiger partial charge is 0.338 e. The minimum absolute atomic E-state index is 0.485. The van der Waals surface area contributed by atoms with Crippen LogP contribution in [0.1, 0.15) is 44.0 Å². The molecule has 4 heteroatoms. The maximum Gasteiger partial charge on any atom is 0.226 e. The number of anilines is 1. The van der Waals surface area contributed by atoms with Crippen molar-refractivity contribution in [3.63, 3.8) is 0 Å². The molecule has 1 fully saturated rings. The van der Waals surface area contributed by atoms with Crippen LogP contribution in [0.25, 0.3) is 0 Å². The molecule has 2 N–H and O–H groups in total. The van der Waals surface area contributed by atoms with Crippen LogP contribution < -0.4 is 10.6 Å². The Morgan fingerprint density at radius 3 is 2.65 bits per heavy atom. The minimum atomic E-state index is 0.485. The number of rotatable bonds is 4. The van der Waals surface area contributed by atoms with Crippen LogP contribution in [-0.4, -0.2) is 22.6 Å². The van der Waals surface area contributed by atoms with Gasteiger partial charge in [0.2, 0.25) is 5.95 Å². The van der Waals surface area contributed by atoms with Crippen molar-refractivity contribution in [1.29, 1.82) is 0 Å². The van der Waals surface area contributed by atoms with Crippen molar-refractivity contribution in [2.45, 2.75) is 52.1 Å². The first-order valence-corrected chi connectivity index (χ1v) is 6.56. The molecular formula is C13H22N4. The molecule has 1 aliphatic rings. The molecular weight excluding hydrogens is 212 g/mol. The Bertz CT molecular complexity index is 372. The quantitative estimate of drug-likeness (QED) is 0.866. The lowest BCUT2D eigenvalue weighted by Gasteiger charge is -2.28. The highest BCUT2D eigenvalue weighted by atomic mass is 15.3. The lowest BCUT2D eigenvalue weighted by molar-refractivity contribution is 0.602. The molecule has 0 amide bonds. The molecule has 4 nitrogen and oxygen atoms in total. The fourth-order valence-electron chi connectivity index (χ4n) is 2.63. The van der Waals surface area contributed by atoms with Crippen LogP contribution in [0.4, 0.5) is 5.95 Å². The van der Waals surface area contributed by atoms with Gasteiger partial charge in [0, 0.05) is 24.8 Å². The Hall–Kier alpha value is -1.16. The van der Waals surface area contributed by atoms with Gasteiger partial charge in [-0.05, 0) is 32.8 Å². The van der Waals surface area contributed by atoms with E-state index in [1.807, 2.05) is 13.0 Å². The van der Waals surface area contributed by atoms with Crippen LogP contribution in [0.5, 0.6) is 0 Å². The molecule has 1 aliphatic carbocycles. The zero-order valence-electron chi connectivity index (χ0n) is 10.8. The molecule has 0 unspecified atom stereocenters. The lowest BCUT2D eigenvalue weighted by atomic mass is 10.2. The summed E-state index contributed by atoms with van der Waals surface area (Å²) in [7, 11) is 0. The van der Waals surface area contributed by atoms with Gasteiger partial charge in [0.25, 0.3) is 0 Å². The maximum atomic E-state index is 5.67. The molecule has 1 aromatic heterocycles. The summed E-state index contributed by atoms with van der Waals surface area (Å²) in [6.45, 7) is 5.63. The normalized spacial score (nSPS) is 16.4. The summed E-state index contributed by atoms with van der Waals surface area (Å²) in [5.74, 6) is 0.861. The van der Waals surface area contributed by atoms with E-state index in [1.165, 1.54) is 25.7 Å². The van der Waals surface area contributed by atoms with Crippen LogP contribution >= 0.6 is 0 Å². The predicted molar refractivity (Wildman–Crippen MR) is 69.9 cm³/mol. The predicted octanol–water partition coefficient (Wildman–Crippen LogP) is 2.01. The SMILES string of the molecule is CCN(c1nc(C)cc(CN)n1)C1CCCC1. The molecule has 0 spiro atoms. The Balaban J connectivity index is 2.25.